The number of ether oxygens (including phenoxy) is 1. The number of carbonyl (C=O) groups excluding carboxylic acids is 2. The summed E-state index contributed by atoms with van der Waals surface area (Å²) in [5, 5.41) is 2.72. The Hall–Kier alpha value is -1.58. The zero-order chi connectivity index (χ0) is 12.9. The summed E-state index contributed by atoms with van der Waals surface area (Å²) in [4.78, 5) is 21.5. The van der Waals surface area contributed by atoms with E-state index in [2.05, 4.69) is 18.5 Å². The highest BCUT2D eigenvalue weighted by molar-refractivity contribution is 5.86. The van der Waals surface area contributed by atoms with E-state index in [9.17, 15) is 9.59 Å². The van der Waals surface area contributed by atoms with Crippen LogP contribution in [0.3, 0.4) is 0 Å². The van der Waals surface area contributed by atoms with Gasteiger partial charge in [0.2, 0.25) is 5.91 Å². The Kier molecular flexibility index (Phi) is 9.91. The summed E-state index contributed by atoms with van der Waals surface area (Å²) in [6.07, 6.45) is 7.45. The Morgan fingerprint density at radius 2 is 1.65 bits per heavy atom. The Morgan fingerprint density at radius 1 is 1.00 bits per heavy atom. The summed E-state index contributed by atoms with van der Waals surface area (Å²) in [5.41, 5.74) is 0. The molecule has 0 spiro atoms. The molecule has 0 saturated carbocycles. The summed E-state index contributed by atoms with van der Waals surface area (Å²) >= 11 is 0. The molecule has 0 saturated heterocycles. The maximum absolute atomic E-state index is 10.8. The van der Waals surface area contributed by atoms with E-state index in [-0.39, 0.29) is 11.9 Å². The normalized spacial score (nSPS) is 9.41. The zero-order valence-electron chi connectivity index (χ0n) is 10.2. The number of esters is 1. The molecule has 0 aromatic rings. The summed E-state index contributed by atoms with van der Waals surface area (Å²) in [6, 6.07) is 0. The van der Waals surface area contributed by atoms with Crippen LogP contribution in [-0.4, -0.2) is 25.0 Å². The van der Waals surface area contributed by atoms with Gasteiger partial charge in [-0.05, 0) is 18.9 Å². The highest BCUT2D eigenvalue weighted by Crippen LogP contribution is 2.02. The number of carbonyl (C=O) groups is 2. The molecule has 4 heteroatoms. The molecule has 0 aliphatic rings. The van der Waals surface area contributed by atoms with Gasteiger partial charge in [-0.2, -0.15) is 0 Å². The van der Waals surface area contributed by atoms with Gasteiger partial charge in [-0.1, -0.05) is 32.4 Å². The van der Waals surface area contributed by atoms with Crippen molar-refractivity contribution in [1.29, 1.82) is 0 Å². The fourth-order valence-electron chi connectivity index (χ4n) is 1.27. The van der Waals surface area contributed by atoms with Crippen LogP contribution < -0.4 is 5.32 Å². The lowest BCUT2D eigenvalue weighted by molar-refractivity contribution is -0.137. The van der Waals surface area contributed by atoms with Gasteiger partial charge in [0.05, 0.1) is 6.61 Å². The number of unbranched alkanes of at least 4 members (excludes halogenated alkanes) is 4. The van der Waals surface area contributed by atoms with E-state index >= 15 is 0 Å². The largest absolute Gasteiger partial charge is 0.463 e. The van der Waals surface area contributed by atoms with E-state index in [1.54, 1.807) is 0 Å². The molecule has 0 bridgehead atoms. The molecular weight excluding hydrogens is 218 g/mol. The third-order valence-corrected chi connectivity index (χ3v) is 2.22. The highest BCUT2D eigenvalue weighted by atomic mass is 16.5. The molecule has 1 N–H and O–H groups in total. The summed E-state index contributed by atoms with van der Waals surface area (Å²) in [6.45, 7) is 7.83. The second-order valence-electron chi connectivity index (χ2n) is 3.63. The molecule has 0 atom stereocenters. The van der Waals surface area contributed by atoms with Gasteiger partial charge in [0.15, 0.2) is 0 Å². The zero-order valence-corrected chi connectivity index (χ0v) is 10.2. The predicted octanol–water partition coefficient (Wildman–Crippen LogP) is 1.97. The first-order valence-corrected chi connectivity index (χ1v) is 5.90. The van der Waals surface area contributed by atoms with Crippen LogP contribution >= 0.6 is 0 Å². The minimum Gasteiger partial charge on any atom is -0.463 e. The van der Waals surface area contributed by atoms with Crippen LogP contribution in [0.5, 0.6) is 0 Å². The number of hydrogen-bond acceptors (Lipinski definition) is 3. The second-order valence-corrected chi connectivity index (χ2v) is 3.63. The van der Waals surface area contributed by atoms with Crippen molar-refractivity contribution in [3.63, 3.8) is 0 Å². The molecule has 0 radical (unpaired) electrons. The topological polar surface area (TPSA) is 55.4 Å². The molecule has 17 heavy (non-hydrogen) atoms. The van der Waals surface area contributed by atoms with Gasteiger partial charge in [-0.15, -0.1) is 0 Å². The van der Waals surface area contributed by atoms with E-state index in [1.165, 1.54) is 12.2 Å². The lowest BCUT2D eigenvalue weighted by Gasteiger charge is -2.03. The number of hydrogen-bond donors (Lipinski definition) is 1. The van der Waals surface area contributed by atoms with Crippen molar-refractivity contribution in [2.75, 3.05) is 13.2 Å². The van der Waals surface area contributed by atoms with E-state index in [4.69, 9.17) is 4.74 Å². The van der Waals surface area contributed by atoms with Crippen LogP contribution in [0.1, 0.15) is 32.1 Å². The molecule has 0 aliphatic carbocycles. The van der Waals surface area contributed by atoms with Crippen molar-refractivity contribution in [2.24, 2.45) is 0 Å². The van der Waals surface area contributed by atoms with Crippen LogP contribution in [0, 0.1) is 0 Å². The number of nitrogens with one attached hydrogen (secondary N) is 1. The van der Waals surface area contributed by atoms with E-state index < -0.39 is 0 Å². The lowest BCUT2D eigenvalue weighted by atomic mass is 10.1. The van der Waals surface area contributed by atoms with Gasteiger partial charge >= 0.3 is 5.97 Å². The highest BCUT2D eigenvalue weighted by Gasteiger charge is 1.96. The van der Waals surface area contributed by atoms with Crippen LogP contribution in [0.2, 0.25) is 0 Å². The molecule has 1 amide bonds. The van der Waals surface area contributed by atoms with Gasteiger partial charge in [0.1, 0.15) is 0 Å². The third kappa shape index (κ3) is 10.7. The van der Waals surface area contributed by atoms with Gasteiger partial charge in [0, 0.05) is 12.6 Å². The van der Waals surface area contributed by atoms with Gasteiger partial charge in [0.25, 0.3) is 0 Å². The van der Waals surface area contributed by atoms with Gasteiger partial charge < -0.3 is 10.1 Å². The van der Waals surface area contributed by atoms with Crippen molar-refractivity contribution < 1.29 is 14.3 Å². The summed E-state index contributed by atoms with van der Waals surface area (Å²) < 4.78 is 4.84. The van der Waals surface area contributed by atoms with E-state index in [1.807, 2.05) is 0 Å². The SMILES string of the molecule is C=CC(=O)NCCCCCCCOC(=O)C=C. The molecule has 0 unspecified atom stereocenters. The Bertz CT molecular complexity index is 235. The fraction of sp³-hybridized carbons (Fsp3) is 0.538. The fourth-order valence-corrected chi connectivity index (χ4v) is 1.27. The van der Waals surface area contributed by atoms with Crippen molar-refractivity contribution in [3.05, 3.63) is 25.3 Å². The number of amides is 1. The van der Waals surface area contributed by atoms with Crippen LogP contribution in [0.25, 0.3) is 0 Å². The predicted molar refractivity (Wildman–Crippen MR) is 67.4 cm³/mol. The van der Waals surface area contributed by atoms with Crippen LogP contribution in [0.15, 0.2) is 25.3 Å². The minimum absolute atomic E-state index is 0.124. The van der Waals surface area contributed by atoms with Crippen molar-refractivity contribution in [3.8, 4) is 0 Å². The van der Waals surface area contributed by atoms with Gasteiger partial charge in [-0.25, -0.2) is 4.79 Å². The Balaban J connectivity index is 3.13. The monoisotopic (exact) mass is 239 g/mol. The van der Waals surface area contributed by atoms with Crippen molar-refractivity contribution in [2.45, 2.75) is 32.1 Å². The van der Waals surface area contributed by atoms with Crippen molar-refractivity contribution >= 4 is 11.9 Å². The maximum atomic E-state index is 10.8. The number of rotatable bonds is 10. The van der Waals surface area contributed by atoms with E-state index in [0.717, 1.165) is 32.1 Å². The third-order valence-electron chi connectivity index (χ3n) is 2.22. The van der Waals surface area contributed by atoms with E-state index in [0.29, 0.717) is 13.2 Å². The quantitative estimate of drug-likeness (QED) is 0.360. The summed E-state index contributed by atoms with van der Waals surface area (Å²) in [5.74, 6) is -0.488. The molecule has 0 rings (SSSR count). The molecule has 0 aromatic carbocycles. The lowest BCUT2D eigenvalue weighted by Crippen LogP contribution is -2.21. The average Bonchev–Trinajstić information content (AvgIpc) is 2.35. The van der Waals surface area contributed by atoms with Crippen molar-refractivity contribution in [1.82, 2.24) is 5.32 Å². The average molecular weight is 239 g/mol. The molecule has 0 fully saturated rings. The maximum Gasteiger partial charge on any atom is 0.330 e. The Labute approximate surface area is 103 Å². The molecule has 96 valence electrons. The first kappa shape index (κ1) is 15.4. The molecular formula is C13H21NO3. The Morgan fingerprint density at radius 3 is 2.29 bits per heavy atom. The first-order chi connectivity index (χ1) is 8.20. The molecule has 0 aliphatic heterocycles. The second kappa shape index (κ2) is 10.9. The molecule has 4 nitrogen and oxygen atoms in total. The summed E-state index contributed by atoms with van der Waals surface area (Å²) in [7, 11) is 0. The first-order valence-electron chi connectivity index (χ1n) is 5.90. The van der Waals surface area contributed by atoms with Crippen LogP contribution in [0.4, 0.5) is 0 Å². The minimum atomic E-state index is -0.364. The molecule has 0 aromatic heterocycles. The van der Waals surface area contributed by atoms with Crippen LogP contribution in [-0.2, 0) is 14.3 Å². The van der Waals surface area contributed by atoms with Gasteiger partial charge in [-0.3, -0.25) is 4.79 Å². The smallest absolute Gasteiger partial charge is 0.330 e. The molecule has 0 heterocycles. The standard InChI is InChI=1S/C13H21NO3/c1-3-12(15)14-10-8-6-5-7-9-11-17-13(16)4-2/h3-4H,1-2,5-11H2,(H,14,15).